The minimum absolute atomic E-state index is 0.0127. The average molecular weight is 117 g/mol. The Balaban J connectivity index is 2.56. The zero-order valence-corrected chi connectivity index (χ0v) is 4.19. The summed E-state index contributed by atoms with van der Waals surface area (Å²) in [7, 11) is 0. The topological polar surface area (TPSA) is 66.5 Å². The fourth-order valence-corrected chi connectivity index (χ4v) is 0.623. The third-order valence-electron chi connectivity index (χ3n) is 1.08. The second kappa shape index (κ2) is 1.72. The van der Waals surface area contributed by atoms with Crippen LogP contribution in [0.1, 0.15) is 0 Å². The summed E-state index contributed by atoms with van der Waals surface area (Å²) < 4.78 is 0.523. The lowest BCUT2D eigenvalue weighted by Gasteiger charge is -1.98. The Bertz CT molecular complexity index is 122. The van der Waals surface area contributed by atoms with Gasteiger partial charge in [-0.3, -0.25) is 0 Å². The maximum Gasteiger partial charge on any atom is 0.182 e. The number of hydrogen-bond donors (Lipinski definition) is 2. The van der Waals surface area contributed by atoms with Gasteiger partial charge in [0.25, 0.3) is 0 Å². The molecule has 1 heterocycles. The van der Waals surface area contributed by atoms with Crippen LogP contribution in [0.3, 0.4) is 0 Å². The molecule has 0 spiro atoms. The van der Waals surface area contributed by atoms with E-state index >= 15 is 0 Å². The molecule has 0 radical (unpaired) electrons. The average Bonchev–Trinajstić information content (AvgIpc) is 1.85. The Hall–Kier alpha value is -0.610. The van der Waals surface area contributed by atoms with Gasteiger partial charge in [-0.05, 0) is 0 Å². The van der Waals surface area contributed by atoms with Gasteiger partial charge in [0, 0.05) is 0 Å². The maximum absolute atomic E-state index is 10.2. The summed E-state index contributed by atoms with van der Waals surface area (Å²) in [6.45, 7) is -0.0127. The highest BCUT2D eigenvalue weighted by molar-refractivity contribution is 5.59. The van der Waals surface area contributed by atoms with E-state index in [1.54, 1.807) is 0 Å². The molecule has 1 aliphatic rings. The van der Waals surface area contributed by atoms with Crippen molar-refractivity contribution in [1.82, 2.24) is 0 Å². The minimum atomic E-state index is -0.965. The summed E-state index contributed by atoms with van der Waals surface area (Å²) >= 11 is 0. The van der Waals surface area contributed by atoms with E-state index < -0.39 is 12.2 Å². The van der Waals surface area contributed by atoms with E-state index in [0.717, 1.165) is 6.21 Å². The second-order valence-corrected chi connectivity index (χ2v) is 1.81. The number of aliphatic hydroxyl groups is 2. The Morgan fingerprint density at radius 3 is 2.38 bits per heavy atom. The normalized spacial score (nSPS) is 37.5. The molecule has 0 fully saturated rings. The van der Waals surface area contributed by atoms with Crippen LogP contribution in [0, 0.1) is 5.21 Å². The standard InChI is InChI=1S/C4H7NO3/c6-3-1-5(8)2-4(3)7/h1,3-4,6-7H,2H2. The van der Waals surface area contributed by atoms with Gasteiger partial charge in [-0.15, -0.1) is 0 Å². The van der Waals surface area contributed by atoms with Crippen LogP contribution in [0.25, 0.3) is 0 Å². The number of rotatable bonds is 0. The van der Waals surface area contributed by atoms with Crippen molar-refractivity contribution in [3.05, 3.63) is 5.21 Å². The molecule has 0 saturated carbocycles. The predicted octanol–water partition coefficient (Wildman–Crippen LogP) is -1.70. The minimum Gasteiger partial charge on any atom is -0.624 e. The number of nitrogens with zero attached hydrogens (tertiary/aromatic N) is 1. The first kappa shape index (κ1) is 5.53. The van der Waals surface area contributed by atoms with E-state index in [9.17, 15) is 5.21 Å². The molecule has 0 saturated heterocycles. The van der Waals surface area contributed by atoms with E-state index in [2.05, 4.69) is 0 Å². The molecule has 0 aromatic rings. The van der Waals surface area contributed by atoms with Crippen LogP contribution in [0.5, 0.6) is 0 Å². The molecular formula is C4H7NO3. The maximum atomic E-state index is 10.2. The quantitative estimate of drug-likeness (QED) is 0.293. The van der Waals surface area contributed by atoms with Gasteiger partial charge in [0.15, 0.2) is 18.9 Å². The number of hydrogen-bond acceptors (Lipinski definition) is 3. The van der Waals surface area contributed by atoms with E-state index in [1.165, 1.54) is 0 Å². The largest absolute Gasteiger partial charge is 0.624 e. The first-order valence-electron chi connectivity index (χ1n) is 2.35. The van der Waals surface area contributed by atoms with Crippen LogP contribution < -0.4 is 0 Å². The smallest absolute Gasteiger partial charge is 0.182 e. The summed E-state index contributed by atoms with van der Waals surface area (Å²) in [4.78, 5) is 0. The van der Waals surface area contributed by atoms with Crippen molar-refractivity contribution in [2.24, 2.45) is 0 Å². The van der Waals surface area contributed by atoms with E-state index in [4.69, 9.17) is 10.2 Å². The SMILES string of the molecule is [O-][N+]1=CC(O)C(O)C1. The number of β-amino-alcohol motifs (C(OH)–C–C–N with tert-alkyl or cyclic N) is 1. The Morgan fingerprint density at radius 1 is 1.62 bits per heavy atom. The molecule has 46 valence electrons. The summed E-state index contributed by atoms with van der Waals surface area (Å²) in [6.07, 6.45) is -0.815. The van der Waals surface area contributed by atoms with Crippen LogP contribution in [0.15, 0.2) is 0 Å². The highest BCUT2D eigenvalue weighted by atomic mass is 16.5. The van der Waals surface area contributed by atoms with E-state index in [1.807, 2.05) is 0 Å². The summed E-state index contributed by atoms with van der Waals surface area (Å²) in [5, 5.41) is 27.5. The van der Waals surface area contributed by atoms with Crippen molar-refractivity contribution >= 4 is 6.21 Å². The van der Waals surface area contributed by atoms with Crippen molar-refractivity contribution in [2.45, 2.75) is 12.2 Å². The molecule has 0 amide bonds. The molecule has 0 aromatic carbocycles. The highest BCUT2D eigenvalue weighted by Gasteiger charge is 2.26. The molecule has 4 nitrogen and oxygen atoms in total. The molecule has 0 bridgehead atoms. The van der Waals surface area contributed by atoms with Gasteiger partial charge in [0.2, 0.25) is 0 Å². The van der Waals surface area contributed by atoms with Crippen molar-refractivity contribution in [3.63, 3.8) is 0 Å². The van der Waals surface area contributed by atoms with E-state index in [0.29, 0.717) is 4.74 Å². The van der Waals surface area contributed by atoms with E-state index in [-0.39, 0.29) is 6.54 Å². The first-order valence-corrected chi connectivity index (χ1v) is 2.35. The van der Waals surface area contributed by atoms with Gasteiger partial charge in [-0.25, -0.2) is 4.74 Å². The molecule has 1 aliphatic heterocycles. The molecule has 1 rings (SSSR count). The van der Waals surface area contributed by atoms with Crippen molar-refractivity contribution in [3.8, 4) is 0 Å². The van der Waals surface area contributed by atoms with Crippen molar-refractivity contribution < 1.29 is 15.0 Å². The van der Waals surface area contributed by atoms with Crippen molar-refractivity contribution in [2.75, 3.05) is 6.54 Å². The predicted molar refractivity (Wildman–Crippen MR) is 26.6 cm³/mol. The Labute approximate surface area is 46.3 Å². The van der Waals surface area contributed by atoms with Crippen molar-refractivity contribution in [1.29, 1.82) is 0 Å². The molecule has 0 aromatic heterocycles. The molecule has 2 N–H and O–H groups in total. The monoisotopic (exact) mass is 117 g/mol. The second-order valence-electron chi connectivity index (χ2n) is 1.81. The fourth-order valence-electron chi connectivity index (χ4n) is 0.623. The Morgan fingerprint density at radius 2 is 2.25 bits per heavy atom. The lowest BCUT2D eigenvalue weighted by atomic mass is 10.3. The van der Waals surface area contributed by atoms with Crippen LogP contribution in [-0.4, -0.2) is 39.9 Å². The molecule has 4 heteroatoms. The number of hydroxylamine groups is 1. The van der Waals surface area contributed by atoms with Gasteiger partial charge >= 0.3 is 0 Å². The lowest BCUT2D eigenvalue weighted by Crippen LogP contribution is -2.23. The summed E-state index contributed by atoms with van der Waals surface area (Å²) in [5.41, 5.74) is 0. The molecule has 8 heavy (non-hydrogen) atoms. The molecule has 2 unspecified atom stereocenters. The number of aliphatic hydroxyl groups excluding tert-OH is 2. The van der Waals surface area contributed by atoms with Gasteiger partial charge in [0.05, 0.1) is 0 Å². The summed E-state index contributed by atoms with van der Waals surface area (Å²) in [6, 6.07) is 0. The molecule has 0 aliphatic carbocycles. The van der Waals surface area contributed by atoms with Gasteiger partial charge < -0.3 is 15.4 Å². The zero-order chi connectivity index (χ0) is 6.15. The highest BCUT2D eigenvalue weighted by Crippen LogP contribution is 1.97. The van der Waals surface area contributed by atoms with Gasteiger partial charge in [0.1, 0.15) is 6.10 Å². The van der Waals surface area contributed by atoms with Crippen LogP contribution in [-0.2, 0) is 0 Å². The Kier molecular flexibility index (Phi) is 1.19. The zero-order valence-electron chi connectivity index (χ0n) is 4.19. The van der Waals surface area contributed by atoms with Gasteiger partial charge in [-0.2, -0.15) is 0 Å². The third-order valence-corrected chi connectivity index (χ3v) is 1.08. The van der Waals surface area contributed by atoms with Crippen LogP contribution in [0.4, 0.5) is 0 Å². The van der Waals surface area contributed by atoms with Crippen LogP contribution in [0.2, 0.25) is 0 Å². The van der Waals surface area contributed by atoms with Gasteiger partial charge in [-0.1, -0.05) is 0 Å². The first-order chi connectivity index (χ1) is 3.70. The third kappa shape index (κ3) is 0.801. The molecular weight excluding hydrogens is 110 g/mol. The fraction of sp³-hybridized carbons (Fsp3) is 0.750. The van der Waals surface area contributed by atoms with Crippen LogP contribution >= 0.6 is 0 Å². The summed E-state index contributed by atoms with van der Waals surface area (Å²) in [5.74, 6) is 0. The molecule has 2 atom stereocenters. The lowest BCUT2D eigenvalue weighted by molar-refractivity contribution is -0.452.